The van der Waals surface area contributed by atoms with Crippen LogP contribution in [-0.2, 0) is 24.3 Å². The summed E-state index contributed by atoms with van der Waals surface area (Å²) >= 11 is 0. The van der Waals surface area contributed by atoms with Crippen LogP contribution in [0.25, 0.3) is 0 Å². The number of esters is 1. The number of anilines is 1. The summed E-state index contributed by atoms with van der Waals surface area (Å²) in [6.45, 7) is 1.48. The largest absolute Gasteiger partial charge is 0.453 e. The molecule has 8 heteroatoms. The average molecular weight is 453 g/mol. The van der Waals surface area contributed by atoms with Gasteiger partial charge in [0.15, 0.2) is 6.10 Å². The normalized spacial score (nSPS) is 12.2. The van der Waals surface area contributed by atoms with Crippen LogP contribution < -0.4 is 10.5 Å². The van der Waals surface area contributed by atoms with E-state index in [0.29, 0.717) is 5.69 Å². The number of amides is 1. The highest BCUT2D eigenvalue weighted by Gasteiger charge is 2.23. The van der Waals surface area contributed by atoms with Crippen molar-refractivity contribution in [1.29, 1.82) is 0 Å². The fraction of sp³-hybridized carbons (Fsp3) is 0.167. The summed E-state index contributed by atoms with van der Waals surface area (Å²) in [5, 5.41) is 7.65. The van der Waals surface area contributed by atoms with Crippen molar-refractivity contribution < 1.29 is 22.7 Å². The lowest BCUT2D eigenvalue weighted by Crippen LogP contribution is -2.30. The van der Waals surface area contributed by atoms with E-state index in [1.165, 1.54) is 31.2 Å². The van der Waals surface area contributed by atoms with Crippen molar-refractivity contribution in [2.45, 2.75) is 30.3 Å². The van der Waals surface area contributed by atoms with Gasteiger partial charge < -0.3 is 10.1 Å². The highest BCUT2D eigenvalue weighted by atomic mass is 32.2. The van der Waals surface area contributed by atoms with E-state index in [2.05, 4.69) is 5.32 Å². The van der Waals surface area contributed by atoms with Crippen LogP contribution in [0.4, 0.5) is 5.69 Å². The van der Waals surface area contributed by atoms with Crippen LogP contribution in [0.5, 0.6) is 0 Å². The monoisotopic (exact) mass is 452 g/mol. The Hall–Kier alpha value is -3.49. The van der Waals surface area contributed by atoms with Crippen molar-refractivity contribution >= 4 is 27.6 Å². The lowest BCUT2D eigenvalue weighted by Gasteiger charge is -2.19. The summed E-state index contributed by atoms with van der Waals surface area (Å²) in [6, 6.07) is 24.6. The molecule has 7 nitrogen and oxygen atoms in total. The quantitative estimate of drug-likeness (QED) is 0.508. The topological polar surface area (TPSA) is 116 Å². The lowest BCUT2D eigenvalue weighted by atomic mass is 9.88. The van der Waals surface area contributed by atoms with Crippen LogP contribution >= 0.6 is 0 Å². The standard InChI is InChI=1S/C24H24N2O5S/c1-17(24(28)26-20-12-14-21(15-13-20)32(25,29)30)31-23(27)16-22(18-8-4-2-5-9-18)19-10-6-3-7-11-19/h2-15,17,22H,16H2,1H3,(H,26,28)(H2,25,29,30). The molecule has 1 unspecified atom stereocenters. The van der Waals surface area contributed by atoms with E-state index in [4.69, 9.17) is 9.88 Å². The van der Waals surface area contributed by atoms with E-state index in [9.17, 15) is 18.0 Å². The molecule has 32 heavy (non-hydrogen) atoms. The number of nitrogens with two attached hydrogens (primary N) is 1. The van der Waals surface area contributed by atoms with Gasteiger partial charge >= 0.3 is 5.97 Å². The molecule has 0 aliphatic rings. The van der Waals surface area contributed by atoms with Crippen LogP contribution in [0.1, 0.15) is 30.4 Å². The van der Waals surface area contributed by atoms with E-state index in [1.54, 1.807) is 0 Å². The Morgan fingerprint density at radius 2 is 1.38 bits per heavy atom. The molecule has 3 N–H and O–H groups in total. The Morgan fingerprint density at radius 3 is 1.84 bits per heavy atom. The van der Waals surface area contributed by atoms with Gasteiger partial charge in [-0.3, -0.25) is 9.59 Å². The van der Waals surface area contributed by atoms with Gasteiger partial charge in [0.1, 0.15) is 0 Å². The van der Waals surface area contributed by atoms with Crippen molar-refractivity contribution in [3.8, 4) is 0 Å². The lowest BCUT2D eigenvalue weighted by molar-refractivity contribution is -0.153. The number of primary sulfonamides is 1. The van der Waals surface area contributed by atoms with E-state index < -0.39 is 28.0 Å². The first-order valence-corrected chi connectivity index (χ1v) is 11.5. The Morgan fingerprint density at radius 1 is 0.875 bits per heavy atom. The predicted octanol–water partition coefficient (Wildman–Crippen LogP) is 3.43. The zero-order valence-corrected chi connectivity index (χ0v) is 18.3. The average Bonchev–Trinajstić information content (AvgIpc) is 2.78. The SMILES string of the molecule is CC(OC(=O)CC(c1ccccc1)c1ccccc1)C(=O)Nc1ccc(S(N)(=O)=O)cc1. The summed E-state index contributed by atoms with van der Waals surface area (Å²) in [5.74, 6) is -1.24. The van der Waals surface area contributed by atoms with Gasteiger partial charge in [0, 0.05) is 11.6 Å². The zero-order valence-electron chi connectivity index (χ0n) is 17.5. The van der Waals surface area contributed by atoms with Gasteiger partial charge in [0.25, 0.3) is 5.91 Å². The maximum atomic E-state index is 12.6. The second kappa shape index (κ2) is 10.2. The molecular formula is C24H24N2O5S. The van der Waals surface area contributed by atoms with Gasteiger partial charge in [-0.1, -0.05) is 60.7 Å². The summed E-state index contributed by atoms with van der Waals surface area (Å²) in [5.41, 5.74) is 2.31. The molecule has 1 atom stereocenters. The van der Waals surface area contributed by atoms with Gasteiger partial charge in [-0.25, -0.2) is 13.6 Å². The second-order valence-electron chi connectivity index (χ2n) is 7.27. The predicted molar refractivity (Wildman–Crippen MR) is 121 cm³/mol. The van der Waals surface area contributed by atoms with Crippen molar-refractivity contribution in [3.05, 3.63) is 96.1 Å². The Kier molecular flexibility index (Phi) is 7.40. The zero-order chi connectivity index (χ0) is 23.1. The number of carbonyl (C=O) groups excluding carboxylic acids is 2. The van der Waals surface area contributed by atoms with E-state index in [0.717, 1.165) is 11.1 Å². The van der Waals surface area contributed by atoms with Crippen molar-refractivity contribution in [2.75, 3.05) is 5.32 Å². The molecule has 0 aliphatic heterocycles. The molecule has 0 aliphatic carbocycles. The molecule has 3 aromatic rings. The summed E-state index contributed by atoms with van der Waals surface area (Å²) in [4.78, 5) is 25.0. The van der Waals surface area contributed by atoms with Crippen LogP contribution in [0, 0.1) is 0 Å². The molecule has 0 fully saturated rings. The summed E-state index contributed by atoms with van der Waals surface area (Å²) in [6.07, 6.45) is -0.957. The maximum Gasteiger partial charge on any atom is 0.307 e. The van der Waals surface area contributed by atoms with Gasteiger partial charge in [0.2, 0.25) is 10.0 Å². The van der Waals surface area contributed by atoms with Crippen molar-refractivity contribution in [2.24, 2.45) is 5.14 Å². The van der Waals surface area contributed by atoms with Crippen LogP contribution in [0.15, 0.2) is 89.8 Å². The first-order valence-electron chi connectivity index (χ1n) is 9.97. The molecule has 0 saturated carbocycles. The van der Waals surface area contributed by atoms with Gasteiger partial charge in [-0.05, 0) is 42.3 Å². The van der Waals surface area contributed by atoms with Crippen molar-refractivity contribution in [3.63, 3.8) is 0 Å². The number of rotatable bonds is 8. The number of sulfonamides is 1. The van der Waals surface area contributed by atoms with Crippen LogP contribution in [0.3, 0.4) is 0 Å². The van der Waals surface area contributed by atoms with Gasteiger partial charge in [0.05, 0.1) is 11.3 Å². The maximum absolute atomic E-state index is 12.6. The number of hydrogen-bond acceptors (Lipinski definition) is 5. The first-order chi connectivity index (χ1) is 15.2. The molecular weight excluding hydrogens is 428 g/mol. The van der Waals surface area contributed by atoms with Crippen LogP contribution in [0.2, 0.25) is 0 Å². The number of benzene rings is 3. The van der Waals surface area contributed by atoms with Gasteiger partial charge in [-0.2, -0.15) is 0 Å². The molecule has 0 aromatic heterocycles. The molecule has 0 saturated heterocycles. The van der Waals surface area contributed by atoms with E-state index in [-0.39, 0.29) is 17.2 Å². The minimum Gasteiger partial charge on any atom is -0.453 e. The van der Waals surface area contributed by atoms with E-state index >= 15 is 0 Å². The molecule has 3 aromatic carbocycles. The molecule has 0 spiro atoms. The Balaban J connectivity index is 1.64. The van der Waals surface area contributed by atoms with E-state index in [1.807, 2.05) is 60.7 Å². The minimum atomic E-state index is -3.82. The van der Waals surface area contributed by atoms with Gasteiger partial charge in [-0.15, -0.1) is 0 Å². The fourth-order valence-electron chi connectivity index (χ4n) is 3.24. The third-order valence-electron chi connectivity index (χ3n) is 4.90. The highest BCUT2D eigenvalue weighted by molar-refractivity contribution is 7.89. The molecule has 3 rings (SSSR count). The molecule has 0 heterocycles. The number of carbonyl (C=O) groups is 2. The highest BCUT2D eigenvalue weighted by Crippen LogP contribution is 2.28. The van der Waals surface area contributed by atoms with Crippen LogP contribution in [-0.4, -0.2) is 26.4 Å². The Labute approximate surface area is 187 Å². The minimum absolute atomic E-state index is 0.0668. The molecule has 166 valence electrons. The summed E-state index contributed by atoms with van der Waals surface area (Å²) < 4.78 is 28.0. The second-order valence-corrected chi connectivity index (χ2v) is 8.83. The fourth-order valence-corrected chi connectivity index (χ4v) is 3.75. The number of ether oxygens (including phenoxy) is 1. The number of nitrogens with one attached hydrogen (secondary N) is 1. The third kappa shape index (κ3) is 6.26. The smallest absolute Gasteiger partial charge is 0.307 e. The molecule has 0 bridgehead atoms. The first kappa shape index (κ1) is 23.2. The molecule has 0 radical (unpaired) electrons. The third-order valence-corrected chi connectivity index (χ3v) is 5.83. The number of hydrogen-bond donors (Lipinski definition) is 2. The summed E-state index contributed by atoms with van der Waals surface area (Å²) in [7, 11) is -3.82. The molecule has 1 amide bonds. The Bertz CT molecular complexity index is 1120. The van der Waals surface area contributed by atoms with Crippen molar-refractivity contribution in [1.82, 2.24) is 0 Å².